The normalized spacial score (nSPS) is 30.7. The molecule has 1 aromatic rings. The highest BCUT2D eigenvalue weighted by Gasteiger charge is 2.59. The zero-order chi connectivity index (χ0) is 18.8. The van der Waals surface area contributed by atoms with E-state index in [4.69, 9.17) is 14.3 Å². The average molecular weight is 362 g/mol. The zero-order valence-electron chi connectivity index (χ0n) is 17.1. The summed E-state index contributed by atoms with van der Waals surface area (Å²) in [6.45, 7) is 12.5. The van der Waals surface area contributed by atoms with Gasteiger partial charge in [-0.3, -0.25) is 4.84 Å². The molecule has 4 nitrogen and oxygen atoms in total. The van der Waals surface area contributed by atoms with Crippen molar-refractivity contribution in [3.8, 4) is 0 Å². The lowest BCUT2D eigenvalue weighted by atomic mass is 9.73. The van der Waals surface area contributed by atoms with Crippen molar-refractivity contribution in [2.75, 3.05) is 13.2 Å². The van der Waals surface area contributed by atoms with Crippen molar-refractivity contribution in [2.24, 2.45) is 0 Å². The predicted molar refractivity (Wildman–Crippen MR) is 104 cm³/mol. The lowest BCUT2D eigenvalue weighted by Crippen LogP contribution is -2.67. The highest BCUT2D eigenvalue weighted by atomic mass is 16.7. The van der Waals surface area contributed by atoms with E-state index in [9.17, 15) is 0 Å². The summed E-state index contributed by atoms with van der Waals surface area (Å²) in [5.74, 6) is -0.464. The molecule has 1 spiro atoms. The van der Waals surface area contributed by atoms with Gasteiger partial charge >= 0.3 is 0 Å². The summed E-state index contributed by atoms with van der Waals surface area (Å²) in [5.41, 5.74) is 1.10. The minimum Gasteiger partial charge on any atom is -0.347 e. The third kappa shape index (κ3) is 3.84. The van der Waals surface area contributed by atoms with Crippen LogP contribution in [0.2, 0.25) is 0 Å². The van der Waals surface area contributed by atoms with Gasteiger partial charge in [0.05, 0.1) is 24.9 Å². The van der Waals surface area contributed by atoms with Gasteiger partial charge in [0.25, 0.3) is 0 Å². The lowest BCUT2D eigenvalue weighted by molar-refractivity contribution is -0.345. The Bertz CT molecular complexity index is 584. The van der Waals surface area contributed by atoms with Crippen LogP contribution in [-0.4, -0.2) is 41.2 Å². The highest BCUT2D eigenvalue weighted by molar-refractivity contribution is 5.14. The molecule has 0 aromatic heterocycles. The number of hydrogen-bond donors (Lipinski definition) is 0. The quantitative estimate of drug-likeness (QED) is 0.733. The van der Waals surface area contributed by atoms with Crippen molar-refractivity contribution >= 4 is 0 Å². The fraction of sp³-hybridized carbons (Fsp3) is 0.727. The molecule has 0 radical (unpaired) electrons. The summed E-state index contributed by atoms with van der Waals surface area (Å²) in [6.07, 6.45) is 4.82. The molecule has 2 fully saturated rings. The molecule has 26 heavy (non-hydrogen) atoms. The van der Waals surface area contributed by atoms with Gasteiger partial charge in [0, 0.05) is 18.4 Å². The van der Waals surface area contributed by atoms with E-state index in [0.717, 1.165) is 32.1 Å². The summed E-state index contributed by atoms with van der Waals surface area (Å²) in [5, 5.41) is 2.28. The third-order valence-corrected chi connectivity index (χ3v) is 6.05. The van der Waals surface area contributed by atoms with Crippen LogP contribution in [0.1, 0.15) is 65.9 Å². The molecule has 3 rings (SSSR count). The predicted octanol–water partition coefficient (Wildman–Crippen LogP) is 4.73. The van der Waals surface area contributed by atoms with Crippen LogP contribution in [0.3, 0.4) is 0 Å². The van der Waals surface area contributed by atoms with Crippen molar-refractivity contribution in [3.05, 3.63) is 35.9 Å². The van der Waals surface area contributed by atoms with E-state index in [1.807, 2.05) is 0 Å². The van der Waals surface area contributed by atoms with E-state index in [0.29, 0.717) is 13.2 Å². The maximum Gasteiger partial charge on any atom is 0.172 e. The summed E-state index contributed by atoms with van der Waals surface area (Å²) >= 11 is 0. The average Bonchev–Trinajstić information content (AvgIpc) is 2.96. The van der Waals surface area contributed by atoms with Crippen LogP contribution in [-0.2, 0) is 20.7 Å². The molecule has 2 aliphatic heterocycles. The molecule has 2 heterocycles. The number of nitrogens with zero attached hydrogens (tertiary/aromatic N) is 1. The second kappa shape index (κ2) is 7.59. The Morgan fingerprint density at radius 1 is 1.12 bits per heavy atom. The first kappa shape index (κ1) is 19.8. The molecule has 2 unspecified atom stereocenters. The van der Waals surface area contributed by atoms with Crippen molar-refractivity contribution in [2.45, 2.75) is 89.7 Å². The van der Waals surface area contributed by atoms with Gasteiger partial charge in [0.2, 0.25) is 0 Å². The van der Waals surface area contributed by atoms with E-state index in [2.05, 4.69) is 70.0 Å². The Balaban J connectivity index is 1.76. The number of rotatable bonds is 6. The molecule has 2 saturated heterocycles. The fourth-order valence-electron chi connectivity index (χ4n) is 4.90. The van der Waals surface area contributed by atoms with Crippen molar-refractivity contribution in [3.63, 3.8) is 0 Å². The first-order valence-electron chi connectivity index (χ1n) is 10.1. The Morgan fingerprint density at radius 2 is 1.81 bits per heavy atom. The van der Waals surface area contributed by atoms with Gasteiger partial charge < -0.3 is 9.47 Å². The lowest BCUT2D eigenvalue weighted by Gasteiger charge is -2.58. The summed E-state index contributed by atoms with van der Waals surface area (Å²) in [4.78, 5) is 6.45. The molecule has 4 heteroatoms. The Kier molecular flexibility index (Phi) is 5.78. The first-order chi connectivity index (χ1) is 12.3. The number of hydrogen-bond acceptors (Lipinski definition) is 4. The fourth-order valence-corrected chi connectivity index (χ4v) is 4.90. The molecule has 0 N–H and O–H groups in total. The smallest absolute Gasteiger partial charge is 0.172 e. The minimum atomic E-state index is -0.464. The standard InChI is InChI=1S/C22H35NO3/c1-6-21(7-2)17-22(24-15-18(3)26-22)16-20(4,5)23(21)25-14-13-19-11-9-8-10-12-19/h8-12,18H,6-7,13-17H2,1-5H3. The molecular formula is C22H35NO3. The Hall–Kier alpha value is -0.940. The first-order valence-corrected chi connectivity index (χ1v) is 10.1. The van der Waals surface area contributed by atoms with Gasteiger partial charge in [-0.2, -0.15) is 5.06 Å². The Morgan fingerprint density at radius 3 is 2.38 bits per heavy atom. The van der Waals surface area contributed by atoms with Gasteiger partial charge in [-0.25, -0.2) is 0 Å². The maximum atomic E-state index is 6.45. The van der Waals surface area contributed by atoms with Crippen LogP contribution in [0.5, 0.6) is 0 Å². The van der Waals surface area contributed by atoms with E-state index in [1.54, 1.807) is 0 Å². The third-order valence-electron chi connectivity index (χ3n) is 6.05. The van der Waals surface area contributed by atoms with Crippen LogP contribution >= 0.6 is 0 Å². The zero-order valence-corrected chi connectivity index (χ0v) is 17.1. The summed E-state index contributed by atoms with van der Waals surface area (Å²) < 4.78 is 12.5. The second-order valence-electron chi connectivity index (χ2n) is 8.61. The van der Waals surface area contributed by atoms with E-state index < -0.39 is 5.79 Å². The largest absolute Gasteiger partial charge is 0.347 e. The molecule has 0 saturated carbocycles. The van der Waals surface area contributed by atoms with Crippen molar-refractivity contribution in [1.82, 2.24) is 5.06 Å². The van der Waals surface area contributed by atoms with E-state index in [1.165, 1.54) is 5.56 Å². The molecule has 2 aliphatic rings. The van der Waals surface area contributed by atoms with E-state index in [-0.39, 0.29) is 17.2 Å². The number of hydroxylamine groups is 2. The number of ether oxygens (including phenoxy) is 2. The molecule has 0 amide bonds. The van der Waals surface area contributed by atoms with Crippen molar-refractivity contribution in [1.29, 1.82) is 0 Å². The Labute approximate surface area is 158 Å². The van der Waals surface area contributed by atoms with E-state index >= 15 is 0 Å². The summed E-state index contributed by atoms with van der Waals surface area (Å²) in [7, 11) is 0. The van der Waals surface area contributed by atoms with Gasteiger partial charge in [0.15, 0.2) is 5.79 Å². The van der Waals surface area contributed by atoms with Crippen LogP contribution in [0.15, 0.2) is 30.3 Å². The maximum absolute atomic E-state index is 6.45. The minimum absolute atomic E-state index is 0.0670. The number of benzene rings is 1. The molecule has 2 atom stereocenters. The second-order valence-corrected chi connectivity index (χ2v) is 8.61. The molecule has 0 bridgehead atoms. The van der Waals surface area contributed by atoms with Crippen LogP contribution in [0.4, 0.5) is 0 Å². The molecule has 146 valence electrons. The highest BCUT2D eigenvalue weighted by Crippen LogP contribution is 2.51. The van der Waals surface area contributed by atoms with Gasteiger partial charge in [0.1, 0.15) is 0 Å². The van der Waals surface area contributed by atoms with Gasteiger partial charge in [-0.15, -0.1) is 0 Å². The van der Waals surface area contributed by atoms with Crippen LogP contribution in [0.25, 0.3) is 0 Å². The topological polar surface area (TPSA) is 30.9 Å². The molecule has 1 aromatic carbocycles. The van der Waals surface area contributed by atoms with Gasteiger partial charge in [-0.1, -0.05) is 44.2 Å². The molecule has 0 aliphatic carbocycles. The van der Waals surface area contributed by atoms with Crippen molar-refractivity contribution < 1.29 is 14.3 Å². The number of piperidine rings is 1. The van der Waals surface area contributed by atoms with Gasteiger partial charge in [-0.05, 0) is 45.6 Å². The summed E-state index contributed by atoms with van der Waals surface area (Å²) in [6, 6.07) is 10.5. The SMILES string of the molecule is CCC1(CC)CC2(CC(C)(C)N1OCCc1ccccc1)OCC(C)O2. The van der Waals surface area contributed by atoms with Crippen LogP contribution in [0, 0.1) is 0 Å². The monoisotopic (exact) mass is 361 g/mol. The van der Waals surface area contributed by atoms with Crippen LogP contribution < -0.4 is 0 Å². The molecular weight excluding hydrogens is 326 g/mol.